The van der Waals surface area contributed by atoms with E-state index < -0.39 is 6.29 Å². The van der Waals surface area contributed by atoms with Crippen LogP contribution in [0.1, 0.15) is 47.9 Å². The zero-order valence-corrected chi connectivity index (χ0v) is 25.2. The van der Waals surface area contributed by atoms with Gasteiger partial charge in [-0.1, -0.05) is 48.5 Å². The molecule has 4 aliphatic rings. The van der Waals surface area contributed by atoms with Gasteiger partial charge >= 0.3 is 0 Å². The number of fused-ring (bicyclic) bond motifs is 4. The van der Waals surface area contributed by atoms with Gasteiger partial charge in [-0.15, -0.1) is 0 Å². The maximum absolute atomic E-state index is 14.0. The van der Waals surface area contributed by atoms with Crippen molar-refractivity contribution < 1.29 is 28.8 Å². The average Bonchev–Trinajstić information content (AvgIpc) is 3.68. The zero-order valence-electron chi connectivity index (χ0n) is 25.2. The summed E-state index contributed by atoms with van der Waals surface area (Å²) >= 11 is 0. The van der Waals surface area contributed by atoms with E-state index in [1.54, 1.807) is 0 Å². The van der Waals surface area contributed by atoms with Crippen LogP contribution in [0.5, 0.6) is 11.5 Å². The second-order valence-corrected chi connectivity index (χ2v) is 12.0. The Morgan fingerprint density at radius 1 is 0.977 bits per heavy atom. The molecule has 7 rings (SSSR count). The van der Waals surface area contributed by atoms with Crippen LogP contribution in [0.2, 0.25) is 0 Å². The van der Waals surface area contributed by atoms with Gasteiger partial charge in [-0.2, -0.15) is 0 Å². The summed E-state index contributed by atoms with van der Waals surface area (Å²) in [5.74, 6) is 1.78. The molecule has 230 valence electrons. The van der Waals surface area contributed by atoms with E-state index >= 15 is 0 Å². The highest BCUT2D eigenvalue weighted by molar-refractivity contribution is 5.92. The van der Waals surface area contributed by atoms with Gasteiger partial charge in [-0.3, -0.25) is 9.69 Å². The molecule has 3 heterocycles. The standard InChI is InChI=1S/C36H40N2O6/c1-2-41-36-29(11-6-18-39)31(28-10-5-9-27-26-8-4-3-7-25(26)20-30(27)28)21-34(44-36)35(40)38-16-14-37(15-17-38)22-24-12-13-32-33(19-24)43-23-42-32/h3-5,7-10,12-13,19,21,29,31,36,39H,2,6,11,14-18,20,22-23H2,1H3/t29-,31-,36-/m0/s1. The minimum atomic E-state index is -0.563. The molecule has 8 nitrogen and oxygen atoms in total. The third-order valence-corrected chi connectivity index (χ3v) is 9.37. The largest absolute Gasteiger partial charge is 0.459 e. The Bertz CT molecular complexity index is 1550. The summed E-state index contributed by atoms with van der Waals surface area (Å²) in [5, 5.41) is 9.74. The van der Waals surface area contributed by atoms with Gasteiger partial charge in [0.2, 0.25) is 13.1 Å². The molecule has 0 unspecified atom stereocenters. The first-order chi connectivity index (χ1) is 21.6. The van der Waals surface area contributed by atoms with Crippen LogP contribution in [0.15, 0.2) is 72.5 Å². The number of carbonyl (C=O) groups excluding carboxylic acids is 1. The molecular weight excluding hydrogens is 556 g/mol. The molecule has 44 heavy (non-hydrogen) atoms. The van der Waals surface area contributed by atoms with Gasteiger partial charge in [-0.05, 0) is 77.8 Å². The van der Waals surface area contributed by atoms with Crippen LogP contribution in [0.25, 0.3) is 11.1 Å². The predicted molar refractivity (Wildman–Crippen MR) is 166 cm³/mol. The molecule has 3 aromatic rings. The fourth-order valence-corrected chi connectivity index (χ4v) is 7.17. The molecular formula is C36H40N2O6. The highest BCUT2D eigenvalue weighted by Crippen LogP contribution is 2.46. The molecule has 1 saturated heterocycles. The van der Waals surface area contributed by atoms with Crippen molar-refractivity contribution in [3.63, 3.8) is 0 Å². The molecule has 1 N–H and O–H groups in total. The molecule has 0 spiro atoms. The number of amides is 1. The van der Waals surface area contributed by atoms with Gasteiger partial charge in [0, 0.05) is 57.8 Å². The Labute approximate surface area is 258 Å². The van der Waals surface area contributed by atoms with Gasteiger partial charge in [0.25, 0.3) is 5.91 Å². The molecule has 0 bridgehead atoms. The normalized spacial score (nSPS) is 22.3. The fourth-order valence-electron chi connectivity index (χ4n) is 7.17. The van der Waals surface area contributed by atoms with Crippen molar-refractivity contribution >= 4 is 5.91 Å². The maximum atomic E-state index is 14.0. The number of carbonyl (C=O) groups is 1. The van der Waals surface area contributed by atoms with Crippen molar-refractivity contribution in [1.29, 1.82) is 0 Å². The van der Waals surface area contributed by atoms with Gasteiger partial charge in [-0.25, -0.2) is 0 Å². The molecule has 3 aliphatic heterocycles. The van der Waals surface area contributed by atoms with Crippen LogP contribution in [0.4, 0.5) is 0 Å². The number of allylic oxidation sites excluding steroid dienone is 1. The molecule has 8 heteroatoms. The second-order valence-electron chi connectivity index (χ2n) is 12.0. The number of rotatable bonds is 9. The molecule has 1 aliphatic carbocycles. The summed E-state index contributed by atoms with van der Waals surface area (Å²) in [6.07, 6.45) is 3.72. The number of piperazine rings is 1. The summed E-state index contributed by atoms with van der Waals surface area (Å²) in [6.45, 7) is 6.39. The van der Waals surface area contributed by atoms with Gasteiger partial charge < -0.3 is 29.0 Å². The summed E-state index contributed by atoms with van der Waals surface area (Å²) in [4.78, 5) is 18.3. The topological polar surface area (TPSA) is 80.7 Å². The monoisotopic (exact) mass is 596 g/mol. The third kappa shape index (κ3) is 5.58. The van der Waals surface area contributed by atoms with E-state index in [9.17, 15) is 9.90 Å². The third-order valence-electron chi connectivity index (χ3n) is 9.37. The van der Waals surface area contributed by atoms with Crippen LogP contribution < -0.4 is 9.47 Å². The van der Waals surface area contributed by atoms with E-state index in [0.717, 1.165) is 44.0 Å². The maximum Gasteiger partial charge on any atom is 0.288 e. The number of benzene rings is 3. The van der Waals surface area contributed by atoms with E-state index in [1.165, 1.54) is 33.4 Å². The Hall–Kier alpha value is -3.85. The first kappa shape index (κ1) is 28.9. The van der Waals surface area contributed by atoms with E-state index in [1.807, 2.05) is 30.0 Å². The number of ether oxygens (including phenoxy) is 4. The number of aliphatic hydroxyl groups is 1. The second kappa shape index (κ2) is 12.6. The first-order valence-electron chi connectivity index (χ1n) is 15.8. The lowest BCUT2D eigenvalue weighted by Gasteiger charge is -2.40. The van der Waals surface area contributed by atoms with Gasteiger partial charge in [0.1, 0.15) is 0 Å². The van der Waals surface area contributed by atoms with Crippen molar-refractivity contribution in [2.45, 2.75) is 44.9 Å². The SMILES string of the molecule is CCO[C@H]1OC(C(=O)N2CCN(Cc3ccc4c(c3)OCO4)CC2)=C[C@@H](c2cccc3c2Cc2ccccc2-3)[C@@H]1CCCO. The number of aliphatic hydroxyl groups excluding tert-OH is 1. The van der Waals surface area contributed by atoms with E-state index in [0.29, 0.717) is 31.9 Å². The minimum absolute atomic E-state index is 0.0209. The van der Waals surface area contributed by atoms with E-state index in [2.05, 4.69) is 53.4 Å². The van der Waals surface area contributed by atoms with Crippen LogP contribution >= 0.6 is 0 Å². The first-order valence-corrected chi connectivity index (χ1v) is 15.8. The predicted octanol–water partition coefficient (Wildman–Crippen LogP) is 5.08. The number of hydrogen-bond acceptors (Lipinski definition) is 7. The number of nitrogens with zero attached hydrogens (tertiary/aromatic N) is 2. The highest BCUT2D eigenvalue weighted by Gasteiger charge is 2.40. The Balaban J connectivity index is 1.12. The Morgan fingerprint density at radius 3 is 2.64 bits per heavy atom. The van der Waals surface area contributed by atoms with Crippen LogP contribution in [0, 0.1) is 5.92 Å². The molecule has 0 aromatic heterocycles. The van der Waals surface area contributed by atoms with Crippen LogP contribution in [-0.4, -0.2) is 73.3 Å². The van der Waals surface area contributed by atoms with E-state index in [-0.39, 0.29) is 31.1 Å². The molecule has 3 aromatic carbocycles. The lowest BCUT2D eigenvalue weighted by molar-refractivity contribution is -0.171. The van der Waals surface area contributed by atoms with Crippen LogP contribution in [0.3, 0.4) is 0 Å². The lowest BCUT2D eigenvalue weighted by Crippen LogP contribution is -2.49. The summed E-state index contributed by atoms with van der Waals surface area (Å²) in [6, 6.07) is 21.2. The number of hydrogen-bond donors (Lipinski definition) is 1. The van der Waals surface area contributed by atoms with Gasteiger partial charge in [0.15, 0.2) is 17.3 Å². The molecule has 3 atom stereocenters. The van der Waals surface area contributed by atoms with Crippen molar-refractivity contribution in [1.82, 2.24) is 9.80 Å². The van der Waals surface area contributed by atoms with E-state index in [4.69, 9.17) is 18.9 Å². The molecule has 1 fully saturated rings. The lowest BCUT2D eigenvalue weighted by atomic mass is 9.78. The van der Waals surface area contributed by atoms with Crippen molar-refractivity contribution in [2.24, 2.45) is 5.92 Å². The zero-order chi connectivity index (χ0) is 30.0. The average molecular weight is 597 g/mol. The Morgan fingerprint density at radius 2 is 1.80 bits per heavy atom. The van der Waals surface area contributed by atoms with Gasteiger partial charge in [0.05, 0.1) is 0 Å². The van der Waals surface area contributed by atoms with Crippen LogP contribution in [-0.2, 0) is 27.2 Å². The summed E-state index contributed by atoms with van der Waals surface area (Å²) in [7, 11) is 0. The highest BCUT2D eigenvalue weighted by atomic mass is 16.7. The fraction of sp³-hybridized carbons (Fsp3) is 0.417. The smallest absolute Gasteiger partial charge is 0.288 e. The quantitative estimate of drug-likeness (QED) is 0.289. The summed E-state index contributed by atoms with van der Waals surface area (Å²) in [5.41, 5.74) is 7.57. The van der Waals surface area contributed by atoms with Crippen molar-refractivity contribution in [3.8, 4) is 22.6 Å². The Kier molecular flexibility index (Phi) is 8.30. The summed E-state index contributed by atoms with van der Waals surface area (Å²) < 4.78 is 23.5. The van der Waals surface area contributed by atoms with Crippen molar-refractivity contribution in [3.05, 3.63) is 94.8 Å². The molecule has 0 radical (unpaired) electrons. The minimum Gasteiger partial charge on any atom is -0.459 e. The molecule has 0 saturated carbocycles. The van der Waals surface area contributed by atoms with Crippen molar-refractivity contribution in [2.75, 3.05) is 46.2 Å². The molecule has 1 amide bonds.